The Morgan fingerprint density at radius 2 is 2.10 bits per heavy atom. The zero-order valence-corrected chi connectivity index (χ0v) is 12.1. The van der Waals surface area contributed by atoms with Gasteiger partial charge in [-0.2, -0.15) is 0 Å². The lowest BCUT2D eigenvalue weighted by atomic mass is 10.1. The number of pyridine rings is 1. The highest BCUT2D eigenvalue weighted by molar-refractivity contribution is 7.17. The summed E-state index contributed by atoms with van der Waals surface area (Å²) in [7, 11) is 1.82. The monoisotopic (exact) mass is 285 g/mol. The first-order valence-electron chi connectivity index (χ1n) is 6.40. The molecule has 0 saturated heterocycles. The van der Waals surface area contributed by atoms with Crippen LogP contribution in [-0.4, -0.2) is 27.8 Å². The van der Waals surface area contributed by atoms with Crippen molar-refractivity contribution in [2.75, 3.05) is 7.05 Å². The zero-order chi connectivity index (χ0) is 14.1. The average Bonchev–Trinajstić information content (AvgIpc) is 3.07. The van der Waals surface area contributed by atoms with Gasteiger partial charge in [0.05, 0.1) is 16.3 Å². The third kappa shape index (κ3) is 2.20. The first-order chi connectivity index (χ1) is 9.66. The molecule has 3 rings (SSSR count). The predicted molar refractivity (Wildman–Crippen MR) is 80.9 cm³/mol. The molecule has 0 aliphatic heterocycles. The number of carbonyl (C=O) groups excluding carboxylic acids is 1. The summed E-state index contributed by atoms with van der Waals surface area (Å²) in [5, 5.41) is 2.01. The van der Waals surface area contributed by atoms with E-state index in [9.17, 15) is 4.79 Å². The lowest BCUT2D eigenvalue weighted by Crippen LogP contribution is -2.29. The zero-order valence-electron chi connectivity index (χ0n) is 11.3. The van der Waals surface area contributed by atoms with E-state index < -0.39 is 0 Å². The van der Waals surface area contributed by atoms with Crippen LogP contribution in [0.2, 0.25) is 0 Å². The highest BCUT2D eigenvalue weighted by Crippen LogP contribution is 2.24. The maximum atomic E-state index is 12.5. The topological polar surface area (TPSA) is 49.0 Å². The Morgan fingerprint density at radius 1 is 1.35 bits per heavy atom. The Morgan fingerprint density at radius 3 is 2.80 bits per heavy atom. The largest absolute Gasteiger partial charge is 0.350 e. The number of aromatic amines is 1. The van der Waals surface area contributed by atoms with E-state index in [1.807, 2.05) is 43.6 Å². The van der Waals surface area contributed by atoms with Crippen molar-refractivity contribution in [2.24, 2.45) is 0 Å². The molecule has 3 aromatic rings. The number of hydrogen-bond acceptors (Lipinski definition) is 3. The van der Waals surface area contributed by atoms with E-state index in [4.69, 9.17) is 0 Å². The number of nitrogens with zero attached hydrogens (tertiary/aromatic N) is 2. The maximum Gasteiger partial charge on any atom is 0.270 e. The first-order valence-corrected chi connectivity index (χ1v) is 7.28. The molecule has 3 heterocycles. The molecular weight excluding hydrogens is 270 g/mol. The second-order valence-corrected chi connectivity index (χ2v) is 5.70. The number of fused-ring (bicyclic) bond motifs is 1. The van der Waals surface area contributed by atoms with Crippen LogP contribution >= 0.6 is 11.3 Å². The van der Waals surface area contributed by atoms with E-state index in [1.54, 1.807) is 28.6 Å². The number of thiophene rings is 1. The lowest BCUT2D eigenvalue weighted by molar-refractivity contribution is 0.0737. The molecule has 1 amide bonds. The Kier molecular flexibility index (Phi) is 3.28. The van der Waals surface area contributed by atoms with Crippen LogP contribution in [-0.2, 0) is 0 Å². The van der Waals surface area contributed by atoms with Gasteiger partial charge in [-0.05, 0) is 42.1 Å². The number of rotatable bonds is 3. The van der Waals surface area contributed by atoms with Crippen LogP contribution in [0.4, 0.5) is 0 Å². The number of amides is 1. The molecule has 0 saturated carbocycles. The number of nitrogens with one attached hydrogen (secondary N) is 1. The summed E-state index contributed by atoms with van der Waals surface area (Å²) >= 11 is 1.63. The van der Waals surface area contributed by atoms with Gasteiger partial charge in [0.1, 0.15) is 5.69 Å². The average molecular weight is 285 g/mol. The summed E-state index contributed by atoms with van der Waals surface area (Å²) in [6.07, 6.45) is 3.49. The molecule has 0 aromatic carbocycles. The summed E-state index contributed by atoms with van der Waals surface area (Å²) in [6, 6.07) is 7.77. The SMILES string of the molecule is CC(c1ccncc1)N(C)C(=O)c1cc2sccc2[nH]1. The van der Waals surface area contributed by atoms with Crippen molar-refractivity contribution in [1.29, 1.82) is 0 Å². The summed E-state index contributed by atoms with van der Waals surface area (Å²) < 4.78 is 1.11. The third-order valence-electron chi connectivity index (χ3n) is 3.56. The fourth-order valence-corrected chi connectivity index (χ4v) is 2.98. The molecule has 0 bridgehead atoms. The Bertz CT molecular complexity index is 703. The van der Waals surface area contributed by atoms with Crippen LogP contribution in [0, 0.1) is 0 Å². The van der Waals surface area contributed by atoms with Crippen molar-refractivity contribution in [3.63, 3.8) is 0 Å². The Labute approximate surface area is 121 Å². The van der Waals surface area contributed by atoms with Crippen molar-refractivity contribution in [1.82, 2.24) is 14.9 Å². The predicted octanol–water partition coefficient (Wildman–Crippen LogP) is 3.46. The van der Waals surface area contributed by atoms with Crippen LogP contribution < -0.4 is 0 Å². The van der Waals surface area contributed by atoms with Crippen molar-refractivity contribution >= 4 is 27.5 Å². The summed E-state index contributed by atoms with van der Waals surface area (Å²) in [5.41, 5.74) is 2.72. The minimum atomic E-state index is -0.00212. The van der Waals surface area contributed by atoms with E-state index in [-0.39, 0.29) is 11.9 Å². The molecule has 5 heteroatoms. The van der Waals surface area contributed by atoms with E-state index in [0.29, 0.717) is 5.69 Å². The second kappa shape index (κ2) is 5.09. The lowest BCUT2D eigenvalue weighted by Gasteiger charge is -2.24. The molecule has 4 nitrogen and oxygen atoms in total. The fourth-order valence-electron chi connectivity index (χ4n) is 2.19. The van der Waals surface area contributed by atoms with Gasteiger partial charge in [0.2, 0.25) is 0 Å². The van der Waals surface area contributed by atoms with Crippen LogP contribution in [0.15, 0.2) is 42.0 Å². The van der Waals surface area contributed by atoms with Gasteiger partial charge < -0.3 is 9.88 Å². The van der Waals surface area contributed by atoms with Gasteiger partial charge in [0.25, 0.3) is 5.91 Å². The smallest absolute Gasteiger partial charge is 0.270 e. The fraction of sp³-hybridized carbons (Fsp3) is 0.200. The Balaban J connectivity index is 1.84. The van der Waals surface area contributed by atoms with E-state index in [1.165, 1.54) is 0 Å². The molecule has 0 aliphatic rings. The summed E-state index contributed by atoms with van der Waals surface area (Å²) in [5.74, 6) is -0.00212. The molecule has 0 radical (unpaired) electrons. The van der Waals surface area contributed by atoms with Gasteiger partial charge in [-0.15, -0.1) is 11.3 Å². The van der Waals surface area contributed by atoms with Gasteiger partial charge >= 0.3 is 0 Å². The van der Waals surface area contributed by atoms with Crippen LogP contribution in [0.3, 0.4) is 0 Å². The van der Waals surface area contributed by atoms with E-state index in [0.717, 1.165) is 15.8 Å². The highest BCUT2D eigenvalue weighted by Gasteiger charge is 2.20. The second-order valence-electron chi connectivity index (χ2n) is 4.75. The number of aromatic nitrogens is 2. The molecule has 0 spiro atoms. The van der Waals surface area contributed by atoms with E-state index >= 15 is 0 Å². The minimum absolute atomic E-state index is 0.00212. The molecule has 1 N–H and O–H groups in total. The summed E-state index contributed by atoms with van der Waals surface area (Å²) in [6.45, 7) is 2.01. The van der Waals surface area contributed by atoms with Crippen molar-refractivity contribution in [3.8, 4) is 0 Å². The standard InChI is InChI=1S/C15H15N3OS/c1-10(11-3-6-16-7-4-11)18(2)15(19)13-9-14-12(17-13)5-8-20-14/h3-10,17H,1-2H3. The Hall–Kier alpha value is -2.14. The maximum absolute atomic E-state index is 12.5. The van der Waals surface area contributed by atoms with Gasteiger partial charge in [-0.1, -0.05) is 0 Å². The molecule has 3 aromatic heterocycles. The van der Waals surface area contributed by atoms with Gasteiger partial charge in [-0.25, -0.2) is 0 Å². The van der Waals surface area contributed by atoms with Crippen molar-refractivity contribution < 1.29 is 4.79 Å². The van der Waals surface area contributed by atoms with Crippen LogP contribution in [0.1, 0.15) is 29.0 Å². The number of H-pyrrole nitrogens is 1. The van der Waals surface area contributed by atoms with Gasteiger partial charge in [0.15, 0.2) is 0 Å². The van der Waals surface area contributed by atoms with Crippen LogP contribution in [0.5, 0.6) is 0 Å². The normalized spacial score (nSPS) is 12.5. The van der Waals surface area contributed by atoms with Gasteiger partial charge in [0, 0.05) is 19.4 Å². The van der Waals surface area contributed by atoms with Gasteiger partial charge in [-0.3, -0.25) is 9.78 Å². The molecule has 0 fully saturated rings. The quantitative estimate of drug-likeness (QED) is 0.801. The van der Waals surface area contributed by atoms with Crippen molar-refractivity contribution in [3.05, 3.63) is 53.3 Å². The van der Waals surface area contributed by atoms with Crippen molar-refractivity contribution in [2.45, 2.75) is 13.0 Å². The molecular formula is C15H15N3OS. The molecule has 0 aliphatic carbocycles. The molecule has 102 valence electrons. The van der Waals surface area contributed by atoms with E-state index in [2.05, 4.69) is 9.97 Å². The molecule has 1 atom stereocenters. The number of hydrogen-bond donors (Lipinski definition) is 1. The molecule has 20 heavy (non-hydrogen) atoms. The minimum Gasteiger partial charge on any atom is -0.350 e. The van der Waals surface area contributed by atoms with Crippen LogP contribution in [0.25, 0.3) is 10.2 Å². The summed E-state index contributed by atoms with van der Waals surface area (Å²) in [4.78, 5) is 21.4. The third-order valence-corrected chi connectivity index (χ3v) is 4.42. The number of carbonyl (C=O) groups is 1. The molecule has 1 unspecified atom stereocenters. The highest BCUT2D eigenvalue weighted by atomic mass is 32.1. The first kappa shape index (κ1) is 12.9.